The van der Waals surface area contributed by atoms with Gasteiger partial charge in [-0.1, -0.05) is 6.54 Å². The van der Waals surface area contributed by atoms with Crippen molar-refractivity contribution in [1.82, 2.24) is 4.90 Å². The van der Waals surface area contributed by atoms with E-state index in [1.165, 1.54) is 13.0 Å². The van der Waals surface area contributed by atoms with Gasteiger partial charge in [-0.2, -0.15) is 6.42 Å². The summed E-state index contributed by atoms with van der Waals surface area (Å²) in [6.45, 7) is 6.30. The van der Waals surface area contributed by atoms with E-state index in [1.807, 2.05) is 0 Å². The van der Waals surface area contributed by atoms with Crippen LogP contribution in [0.5, 0.6) is 0 Å². The van der Waals surface area contributed by atoms with Crippen LogP contribution in [0.3, 0.4) is 0 Å². The van der Waals surface area contributed by atoms with Gasteiger partial charge in [-0.15, -0.1) is 0 Å². The molecule has 51 valence electrons. The fourth-order valence-corrected chi connectivity index (χ4v) is 1.10. The van der Waals surface area contributed by atoms with Crippen molar-refractivity contribution in [2.75, 3.05) is 20.1 Å². The molecule has 1 heterocycles. The molecule has 0 aliphatic carbocycles. The third-order valence-corrected chi connectivity index (χ3v) is 1.56. The Bertz CT molecular complexity index is 67.3. The molecular formula is C7H13NY-2. The molecule has 1 aliphatic heterocycles. The van der Waals surface area contributed by atoms with Gasteiger partial charge in [0.05, 0.1) is 0 Å². The van der Waals surface area contributed by atoms with Gasteiger partial charge >= 0.3 is 0 Å². The summed E-state index contributed by atoms with van der Waals surface area (Å²) in [6.07, 6.45) is 3.50. The van der Waals surface area contributed by atoms with Gasteiger partial charge in [0, 0.05) is 32.7 Å². The maximum absolute atomic E-state index is 3.95. The fraction of sp³-hybridized carbons (Fsp3) is 0.714. The largest absolute Gasteiger partial charge is 0.368 e. The summed E-state index contributed by atoms with van der Waals surface area (Å²) in [5.41, 5.74) is 0. The molecule has 1 unspecified atom stereocenters. The van der Waals surface area contributed by atoms with Crippen LogP contribution >= 0.6 is 0 Å². The molecular weight excluding hydrogens is 187 g/mol. The maximum atomic E-state index is 3.95. The topological polar surface area (TPSA) is 3.24 Å². The molecule has 1 fully saturated rings. The van der Waals surface area contributed by atoms with Crippen LogP contribution in [0.4, 0.5) is 0 Å². The number of likely N-dealkylation sites (tertiary alicyclic amines) is 1. The van der Waals surface area contributed by atoms with Crippen LogP contribution in [0.1, 0.15) is 6.42 Å². The van der Waals surface area contributed by atoms with Crippen LogP contribution in [-0.4, -0.2) is 25.0 Å². The van der Waals surface area contributed by atoms with Gasteiger partial charge in [-0.05, 0) is 13.6 Å². The smallest absolute Gasteiger partial charge is 0 e. The molecule has 1 radical (unpaired) electrons. The van der Waals surface area contributed by atoms with Gasteiger partial charge < -0.3 is 18.2 Å². The Kier molecular flexibility index (Phi) is 5.38. The molecule has 1 aliphatic rings. The van der Waals surface area contributed by atoms with Crippen molar-refractivity contribution in [3.05, 3.63) is 13.3 Å². The molecule has 1 rings (SSSR count). The van der Waals surface area contributed by atoms with E-state index in [9.17, 15) is 0 Å². The number of nitrogens with zero attached hydrogens (tertiary/aromatic N) is 1. The van der Waals surface area contributed by atoms with Crippen LogP contribution in [0.2, 0.25) is 0 Å². The average Bonchev–Trinajstić information content (AvgIpc) is 1.64. The Hall–Kier alpha value is 1.06. The van der Waals surface area contributed by atoms with Crippen molar-refractivity contribution < 1.29 is 32.7 Å². The predicted octanol–water partition coefficient (Wildman–Crippen LogP) is 0.974. The third kappa shape index (κ3) is 3.69. The quantitative estimate of drug-likeness (QED) is 0.527. The minimum Gasteiger partial charge on any atom is -0.368 e. The molecule has 0 amide bonds. The molecule has 0 aromatic rings. The van der Waals surface area contributed by atoms with Gasteiger partial charge in [0.1, 0.15) is 0 Å². The summed E-state index contributed by atoms with van der Waals surface area (Å²) >= 11 is 0. The molecule has 9 heavy (non-hydrogen) atoms. The first-order valence-corrected chi connectivity index (χ1v) is 3.14. The minimum absolute atomic E-state index is 0. The van der Waals surface area contributed by atoms with E-state index in [1.54, 1.807) is 0 Å². The third-order valence-electron chi connectivity index (χ3n) is 1.56. The second-order valence-electron chi connectivity index (χ2n) is 2.55. The zero-order chi connectivity index (χ0) is 5.98. The number of piperidine rings is 1. The number of rotatable bonds is 0. The van der Waals surface area contributed by atoms with Gasteiger partial charge in [-0.25, -0.2) is 0 Å². The predicted molar refractivity (Wildman–Crippen MR) is 35.3 cm³/mol. The van der Waals surface area contributed by atoms with Crippen molar-refractivity contribution in [3.63, 3.8) is 0 Å². The van der Waals surface area contributed by atoms with E-state index in [-0.39, 0.29) is 32.7 Å². The molecule has 0 aromatic carbocycles. The Morgan fingerprint density at radius 2 is 2.33 bits per heavy atom. The van der Waals surface area contributed by atoms with E-state index < -0.39 is 0 Å². The van der Waals surface area contributed by atoms with Crippen molar-refractivity contribution in [2.24, 2.45) is 5.92 Å². The van der Waals surface area contributed by atoms with E-state index in [0.717, 1.165) is 6.54 Å². The molecule has 0 aromatic heterocycles. The first kappa shape index (κ1) is 10.1. The van der Waals surface area contributed by atoms with E-state index >= 15 is 0 Å². The summed E-state index contributed by atoms with van der Waals surface area (Å²) < 4.78 is 0. The van der Waals surface area contributed by atoms with Crippen LogP contribution in [0.25, 0.3) is 0 Å². The summed E-state index contributed by atoms with van der Waals surface area (Å²) in [5, 5.41) is 0. The standard InChI is InChI=1S/C7H13N.Y/c1-7-4-3-5-8(2)6-7;/h4,7H,1,3,5-6H2,2H3;/q-2;. The van der Waals surface area contributed by atoms with Gasteiger partial charge in [0.25, 0.3) is 0 Å². The van der Waals surface area contributed by atoms with E-state index in [2.05, 4.69) is 25.3 Å². The van der Waals surface area contributed by atoms with Gasteiger partial charge in [0.2, 0.25) is 0 Å². The summed E-state index contributed by atoms with van der Waals surface area (Å²) in [5.74, 6) is 0.564. The van der Waals surface area contributed by atoms with E-state index in [0.29, 0.717) is 5.92 Å². The normalized spacial score (nSPS) is 29.3. The first-order chi connectivity index (χ1) is 3.79. The molecule has 1 saturated heterocycles. The first-order valence-electron chi connectivity index (χ1n) is 3.14. The Morgan fingerprint density at radius 1 is 1.67 bits per heavy atom. The number of hydrogen-bond donors (Lipinski definition) is 0. The zero-order valence-corrected chi connectivity index (χ0v) is 8.85. The summed E-state index contributed by atoms with van der Waals surface area (Å²) in [7, 11) is 2.14. The molecule has 2 heteroatoms. The monoisotopic (exact) mass is 200 g/mol. The van der Waals surface area contributed by atoms with Crippen LogP contribution in [0.15, 0.2) is 0 Å². The second kappa shape index (κ2) is 4.81. The number of hydrogen-bond acceptors (Lipinski definition) is 1. The average molecular weight is 200 g/mol. The van der Waals surface area contributed by atoms with Gasteiger partial charge in [-0.3, -0.25) is 5.92 Å². The van der Waals surface area contributed by atoms with Crippen molar-refractivity contribution >= 4 is 0 Å². The SMILES string of the molecule is [CH2-]C1[CH-]CCN(C)C1.[Y]. The van der Waals surface area contributed by atoms with Crippen LogP contribution in [-0.2, 0) is 32.7 Å². The minimum atomic E-state index is 0. The summed E-state index contributed by atoms with van der Waals surface area (Å²) in [4.78, 5) is 2.32. The Morgan fingerprint density at radius 3 is 2.67 bits per heavy atom. The second-order valence-corrected chi connectivity index (χ2v) is 2.55. The van der Waals surface area contributed by atoms with Crippen molar-refractivity contribution in [1.29, 1.82) is 0 Å². The molecule has 1 atom stereocenters. The zero-order valence-electron chi connectivity index (χ0n) is 6.01. The molecule has 0 spiro atoms. The van der Waals surface area contributed by atoms with Crippen molar-refractivity contribution in [2.45, 2.75) is 6.42 Å². The Labute approximate surface area is 83.1 Å². The molecule has 1 nitrogen and oxygen atoms in total. The maximum Gasteiger partial charge on any atom is 0 e. The van der Waals surface area contributed by atoms with Crippen LogP contribution in [0, 0.1) is 19.3 Å². The van der Waals surface area contributed by atoms with Gasteiger partial charge in [0.15, 0.2) is 0 Å². The molecule has 0 N–H and O–H groups in total. The fourth-order valence-electron chi connectivity index (χ4n) is 1.10. The Balaban J connectivity index is 0.000000640. The van der Waals surface area contributed by atoms with Crippen molar-refractivity contribution in [3.8, 4) is 0 Å². The summed E-state index contributed by atoms with van der Waals surface area (Å²) in [6, 6.07) is 0. The molecule has 0 saturated carbocycles. The molecule has 0 bridgehead atoms. The van der Waals surface area contributed by atoms with E-state index in [4.69, 9.17) is 0 Å². The van der Waals surface area contributed by atoms with Crippen LogP contribution < -0.4 is 0 Å².